The van der Waals surface area contributed by atoms with Gasteiger partial charge in [-0.05, 0) is 24.6 Å². The van der Waals surface area contributed by atoms with E-state index in [-0.39, 0.29) is 0 Å². The van der Waals surface area contributed by atoms with Crippen LogP contribution in [0.5, 0.6) is 5.75 Å². The van der Waals surface area contributed by atoms with Gasteiger partial charge in [-0.25, -0.2) is 0 Å². The summed E-state index contributed by atoms with van der Waals surface area (Å²) in [5.74, 6) is 0.932. The smallest absolute Gasteiger partial charge is 0.120 e. The van der Waals surface area contributed by atoms with Crippen LogP contribution >= 0.6 is 15.9 Å². The summed E-state index contributed by atoms with van der Waals surface area (Å²) >= 11 is 3.37. The summed E-state index contributed by atoms with van der Waals surface area (Å²) in [4.78, 5) is 0. The van der Waals surface area contributed by atoms with Gasteiger partial charge >= 0.3 is 0 Å². The first kappa shape index (κ1) is 8.60. The third kappa shape index (κ3) is 2.93. The number of hydrogen-bond donors (Lipinski definition) is 0. The molecule has 0 atom stereocenters. The molecule has 0 amide bonds. The van der Waals surface area contributed by atoms with Crippen LogP contribution in [-0.4, -0.2) is 6.61 Å². The van der Waals surface area contributed by atoms with E-state index >= 15 is 0 Å². The van der Waals surface area contributed by atoms with E-state index in [2.05, 4.69) is 22.9 Å². The molecule has 1 nitrogen and oxygen atoms in total. The van der Waals surface area contributed by atoms with Crippen LogP contribution < -0.4 is 4.74 Å². The van der Waals surface area contributed by atoms with Crippen molar-refractivity contribution < 1.29 is 4.74 Å². The SMILES string of the molecule is CCCOc1cccc(Br)c1. The van der Waals surface area contributed by atoms with Crippen LogP contribution in [-0.2, 0) is 0 Å². The van der Waals surface area contributed by atoms with Crippen molar-refractivity contribution in [1.82, 2.24) is 0 Å². The largest absolute Gasteiger partial charge is 0.494 e. The molecule has 0 bridgehead atoms. The molecule has 0 aliphatic heterocycles. The van der Waals surface area contributed by atoms with E-state index < -0.39 is 0 Å². The molecule has 0 N–H and O–H groups in total. The highest BCUT2D eigenvalue weighted by Gasteiger charge is 1.91. The Labute approximate surface area is 75.5 Å². The average molecular weight is 215 g/mol. The van der Waals surface area contributed by atoms with E-state index in [1.165, 1.54) is 0 Å². The predicted molar refractivity (Wildman–Crippen MR) is 49.9 cm³/mol. The quantitative estimate of drug-likeness (QED) is 0.751. The van der Waals surface area contributed by atoms with Crippen LogP contribution in [0.4, 0.5) is 0 Å². The zero-order valence-electron chi connectivity index (χ0n) is 6.51. The molecule has 0 unspecified atom stereocenters. The Kier molecular flexibility index (Phi) is 3.43. The van der Waals surface area contributed by atoms with Gasteiger partial charge in [-0.1, -0.05) is 28.9 Å². The monoisotopic (exact) mass is 214 g/mol. The third-order valence-electron chi connectivity index (χ3n) is 1.27. The lowest BCUT2D eigenvalue weighted by Crippen LogP contribution is -1.93. The van der Waals surface area contributed by atoms with Crippen molar-refractivity contribution in [2.24, 2.45) is 0 Å². The minimum atomic E-state index is 0.788. The highest BCUT2D eigenvalue weighted by Crippen LogP contribution is 2.17. The Morgan fingerprint density at radius 3 is 2.91 bits per heavy atom. The second-order valence-corrected chi connectivity index (χ2v) is 3.22. The molecule has 0 saturated heterocycles. The fraction of sp³-hybridized carbons (Fsp3) is 0.333. The maximum absolute atomic E-state index is 5.41. The zero-order chi connectivity index (χ0) is 8.10. The summed E-state index contributed by atoms with van der Waals surface area (Å²) in [6, 6.07) is 7.88. The van der Waals surface area contributed by atoms with E-state index in [0.717, 1.165) is 23.2 Å². The lowest BCUT2D eigenvalue weighted by atomic mass is 10.3. The number of hydrogen-bond acceptors (Lipinski definition) is 1. The van der Waals surface area contributed by atoms with Gasteiger partial charge in [-0.15, -0.1) is 0 Å². The lowest BCUT2D eigenvalue weighted by molar-refractivity contribution is 0.317. The van der Waals surface area contributed by atoms with Gasteiger partial charge in [0.05, 0.1) is 6.61 Å². The highest BCUT2D eigenvalue weighted by molar-refractivity contribution is 9.10. The van der Waals surface area contributed by atoms with E-state index in [1.54, 1.807) is 0 Å². The van der Waals surface area contributed by atoms with Gasteiger partial charge < -0.3 is 4.74 Å². The molecular formula is C9H11BrO. The summed E-state index contributed by atoms with van der Waals surface area (Å²) in [5.41, 5.74) is 0. The maximum Gasteiger partial charge on any atom is 0.120 e. The number of benzene rings is 1. The molecule has 0 spiro atoms. The Bertz CT molecular complexity index is 223. The van der Waals surface area contributed by atoms with Crippen molar-refractivity contribution in [3.8, 4) is 5.75 Å². The Morgan fingerprint density at radius 1 is 1.45 bits per heavy atom. The number of halogens is 1. The normalized spacial score (nSPS) is 9.64. The van der Waals surface area contributed by atoms with Crippen molar-refractivity contribution in [3.63, 3.8) is 0 Å². The molecule has 0 heterocycles. The Balaban J connectivity index is 2.56. The van der Waals surface area contributed by atoms with Crippen LogP contribution in [0.25, 0.3) is 0 Å². The van der Waals surface area contributed by atoms with E-state index in [4.69, 9.17) is 4.74 Å². The molecule has 0 aliphatic rings. The van der Waals surface area contributed by atoms with Gasteiger partial charge in [-0.2, -0.15) is 0 Å². The first-order valence-electron chi connectivity index (χ1n) is 3.71. The first-order chi connectivity index (χ1) is 5.33. The molecule has 0 aliphatic carbocycles. The second kappa shape index (κ2) is 4.39. The van der Waals surface area contributed by atoms with Crippen LogP contribution in [0.2, 0.25) is 0 Å². The first-order valence-corrected chi connectivity index (χ1v) is 4.50. The molecule has 0 aromatic heterocycles. The topological polar surface area (TPSA) is 9.23 Å². The van der Waals surface area contributed by atoms with Crippen molar-refractivity contribution in [2.75, 3.05) is 6.61 Å². The van der Waals surface area contributed by atoms with Gasteiger partial charge in [0.25, 0.3) is 0 Å². The van der Waals surface area contributed by atoms with E-state index in [1.807, 2.05) is 24.3 Å². The number of rotatable bonds is 3. The molecule has 1 aromatic rings. The van der Waals surface area contributed by atoms with E-state index in [0.29, 0.717) is 0 Å². The molecular weight excluding hydrogens is 204 g/mol. The van der Waals surface area contributed by atoms with Gasteiger partial charge in [0.1, 0.15) is 5.75 Å². The minimum absolute atomic E-state index is 0.788. The molecule has 11 heavy (non-hydrogen) atoms. The Morgan fingerprint density at radius 2 is 2.27 bits per heavy atom. The maximum atomic E-state index is 5.41. The second-order valence-electron chi connectivity index (χ2n) is 2.31. The molecule has 0 radical (unpaired) electrons. The summed E-state index contributed by atoms with van der Waals surface area (Å²) in [7, 11) is 0. The highest BCUT2D eigenvalue weighted by atomic mass is 79.9. The minimum Gasteiger partial charge on any atom is -0.494 e. The number of ether oxygens (including phenoxy) is 1. The van der Waals surface area contributed by atoms with Crippen LogP contribution in [0.3, 0.4) is 0 Å². The standard InChI is InChI=1S/C9H11BrO/c1-2-6-11-9-5-3-4-8(10)7-9/h3-5,7H,2,6H2,1H3. The van der Waals surface area contributed by atoms with Gasteiger partial charge in [-0.3, -0.25) is 0 Å². The Hall–Kier alpha value is -0.500. The molecule has 0 fully saturated rings. The third-order valence-corrected chi connectivity index (χ3v) is 1.76. The van der Waals surface area contributed by atoms with Gasteiger partial charge in [0, 0.05) is 4.47 Å². The van der Waals surface area contributed by atoms with Crippen molar-refractivity contribution in [3.05, 3.63) is 28.7 Å². The molecule has 1 rings (SSSR count). The molecule has 2 heteroatoms. The van der Waals surface area contributed by atoms with Crippen LogP contribution in [0, 0.1) is 0 Å². The average Bonchev–Trinajstić information content (AvgIpc) is 2.01. The predicted octanol–water partition coefficient (Wildman–Crippen LogP) is 3.24. The fourth-order valence-corrected chi connectivity index (χ4v) is 1.15. The molecule has 60 valence electrons. The summed E-state index contributed by atoms with van der Waals surface area (Å²) in [5, 5.41) is 0. The van der Waals surface area contributed by atoms with Crippen molar-refractivity contribution in [1.29, 1.82) is 0 Å². The zero-order valence-corrected chi connectivity index (χ0v) is 8.10. The lowest BCUT2D eigenvalue weighted by Gasteiger charge is -2.03. The molecule has 1 aromatic carbocycles. The van der Waals surface area contributed by atoms with Crippen LogP contribution in [0.15, 0.2) is 28.7 Å². The van der Waals surface area contributed by atoms with E-state index in [9.17, 15) is 0 Å². The summed E-state index contributed by atoms with van der Waals surface area (Å²) in [6.07, 6.45) is 1.05. The van der Waals surface area contributed by atoms with Crippen molar-refractivity contribution in [2.45, 2.75) is 13.3 Å². The summed E-state index contributed by atoms with van der Waals surface area (Å²) in [6.45, 7) is 2.88. The van der Waals surface area contributed by atoms with Gasteiger partial charge in [0.2, 0.25) is 0 Å². The summed E-state index contributed by atoms with van der Waals surface area (Å²) < 4.78 is 6.47. The van der Waals surface area contributed by atoms with Crippen LogP contribution in [0.1, 0.15) is 13.3 Å². The van der Waals surface area contributed by atoms with Crippen molar-refractivity contribution >= 4 is 15.9 Å². The molecule has 0 saturated carbocycles. The van der Waals surface area contributed by atoms with Gasteiger partial charge in [0.15, 0.2) is 0 Å². The fourth-order valence-electron chi connectivity index (χ4n) is 0.777.